The number of hydrogen-bond donors (Lipinski definition) is 1. The summed E-state index contributed by atoms with van der Waals surface area (Å²) in [5, 5.41) is 3.46. The molecule has 0 saturated carbocycles. The van der Waals surface area contributed by atoms with Gasteiger partial charge < -0.3 is 14.8 Å². The maximum atomic E-state index is 12.7. The maximum Gasteiger partial charge on any atom is 0.123 e. The van der Waals surface area contributed by atoms with Gasteiger partial charge in [0.2, 0.25) is 0 Å². The highest BCUT2D eigenvalue weighted by atomic mass is 19.1. The van der Waals surface area contributed by atoms with Gasteiger partial charge >= 0.3 is 0 Å². The van der Waals surface area contributed by atoms with Crippen LogP contribution in [-0.4, -0.2) is 32.4 Å². The molecule has 2 rings (SSSR count). The lowest BCUT2D eigenvalue weighted by Gasteiger charge is -2.10. The first-order valence-electron chi connectivity index (χ1n) is 8.05. The Bertz CT molecular complexity index is 377. The molecule has 1 aliphatic rings. The summed E-state index contributed by atoms with van der Waals surface area (Å²) in [6.45, 7) is 3.70. The van der Waals surface area contributed by atoms with Crippen LogP contribution in [0.4, 0.5) is 4.39 Å². The number of rotatable bonds is 10. The van der Waals surface area contributed by atoms with Crippen LogP contribution in [0.2, 0.25) is 0 Å². The third-order valence-electron chi connectivity index (χ3n) is 3.73. The van der Waals surface area contributed by atoms with E-state index in [2.05, 4.69) is 5.32 Å². The molecule has 0 amide bonds. The molecule has 1 fully saturated rings. The van der Waals surface area contributed by atoms with E-state index in [1.54, 1.807) is 12.1 Å². The highest BCUT2D eigenvalue weighted by molar-refractivity contribution is 5.21. The van der Waals surface area contributed by atoms with Gasteiger partial charge in [0.1, 0.15) is 11.6 Å². The van der Waals surface area contributed by atoms with Crippen LogP contribution in [0.5, 0.6) is 5.75 Å². The second-order valence-corrected chi connectivity index (χ2v) is 5.56. The molecule has 1 N–H and O–H groups in total. The topological polar surface area (TPSA) is 30.5 Å². The Hall–Kier alpha value is -1.13. The molecule has 0 spiro atoms. The van der Waals surface area contributed by atoms with Crippen LogP contribution in [0.3, 0.4) is 0 Å². The zero-order chi connectivity index (χ0) is 14.8. The molecule has 1 aromatic carbocycles. The predicted molar refractivity (Wildman–Crippen MR) is 82.2 cm³/mol. The van der Waals surface area contributed by atoms with Gasteiger partial charge in [0.25, 0.3) is 0 Å². The number of hydrogen-bond acceptors (Lipinski definition) is 3. The van der Waals surface area contributed by atoms with Crippen molar-refractivity contribution < 1.29 is 13.9 Å². The molecule has 3 nitrogen and oxygen atoms in total. The van der Waals surface area contributed by atoms with Crippen molar-refractivity contribution in [2.75, 3.05) is 26.3 Å². The van der Waals surface area contributed by atoms with Crippen molar-refractivity contribution in [3.8, 4) is 5.75 Å². The fourth-order valence-electron chi connectivity index (χ4n) is 2.49. The van der Waals surface area contributed by atoms with Crippen LogP contribution in [0.25, 0.3) is 0 Å². The minimum absolute atomic E-state index is 0.224. The van der Waals surface area contributed by atoms with Crippen LogP contribution in [0, 0.1) is 5.82 Å². The molecule has 1 heterocycles. The Balaban J connectivity index is 1.37. The summed E-state index contributed by atoms with van der Waals surface area (Å²) in [5.41, 5.74) is 0. The molecule has 1 atom stereocenters. The van der Waals surface area contributed by atoms with Gasteiger partial charge in [0.15, 0.2) is 0 Å². The lowest BCUT2D eigenvalue weighted by Crippen LogP contribution is -2.26. The average Bonchev–Trinajstić information content (AvgIpc) is 3.01. The first kappa shape index (κ1) is 16.2. The quantitative estimate of drug-likeness (QED) is 0.670. The molecular formula is C17H26FNO2. The van der Waals surface area contributed by atoms with Crippen LogP contribution in [0.1, 0.15) is 38.5 Å². The summed E-state index contributed by atoms with van der Waals surface area (Å²) in [6, 6.07) is 6.19. The summed E-state index contributed by atoms with van der Waals surface area (Å²) in [5.74, 6) is 0.521. The molecule has 118 valence electrons. The minimum atomic E-state index is -0.224. The maximum absolute atomic E-state index is 12.7. The van der Waals surface area contributed by atoms with Crippen molar-refractivity contribution in [2.45, 2.75) is 44.6 Å². The molecular weight excluding hydrogens is 269 g/mol. The van der Waals surface area contributed by atoms with Gasteiger partial charge in [-0.25, -0.2) is 4.39 Å². The largest absolute Gasteiger partial charge is 0.494 e. The van der Waals surface area contributed by atoms with E-state index >= 15 is 0 Å². The average molecular weight is 295 g/mol. The Morgan fingerprint density at radius 3 is 2.71 bits per heavy atom. The Morgan fingerprint density at radius 1 is 1.14 bits per heavy atom. The van der Waals surface area contributed by atoms with Crippen LogP contribution in [-0.2, 0) is 4.74 Å². The highest BCUT2D eigenvalue weighted by Gasteiger charge is 2.13. The van der Waals surface area contributed by atoms with Gasteiger partial charge in [-0.1, -0.05) is 12.8 Å². The van der Waals surface area contributed by atoms with Crippen molar-refractivity contribution in [3.63, 3.8) is 0 Å². The fraction of sp³-hybridized carbons (Fsp3) is 0.647. The zero-order valence-electron chi connectivity index (χ0n) is 12.7. The van der Waals surface area contributed by atoms with E-state index in [0.717, 1.165) is 31.9 Å². The number of nitrogens with one attached hydrogen (secondary N) is 1. The number of halogens is 1. The smallest absolute Gasteiger partial charge is 0.123 e. The highest BCUT2D eigenvalue weighted by Crippen LogP contribution is 2.12. The van der Waals surface area contributed by atoms with E-state index in [1.807, 2.05) is 0 Å². The van der Waals surface area contributed by atoms with Gasteiger partial charge in [-0.15, -0.1) is 0 Å². The lowest BCUT2D eigenvalue weighted by molar-refractivity contribution is 0.110. The first-order valence-corrected chi connectivity index (χ1v) is 8.05. The SMILES string of the molecule is Fc1ccc(OCCCCCCNCC2CCCO2)cc1. The Morgan fingerprint density at radius 2 is 1.95 bits per heavy atom. The summed E-state index contributed by atoms with van der Waals surface area (Å²) in [6.07, 6.45) is 7.48. The van der Waals surface area contributed by atoms with Gasteiger partial charge in [0, 0.05) is 13.2 Å². The lowest BCUT2D eigenvalue weighted by atomic mass is 10.2. The molecule has 1 aromatic rings. The number of ether oxygens (including phenoxy) is 2. The Kier molecular flexibility index (Phi) is 7.54. The van der Waals surface area contributed by atoms with Crippen molar-refractivity contribution >= 4 is 0 Å². The van der Waals surface area contributed by atoms with Gasteiger partial charge in [-0.05, 0) is 56.5 Å². The van der Waals surface area contributed by atoms with Crippen LogP contribution in [0.15, 0.2) is 24.3 Å². The second-order valence-electron chi connectivity index (χ2n) is 5.56. The molecule has 4 heteroatoms. The second kappa shape index (κ2) is 9.74. The zero-order valence-corrected chi connectivity index (χ0v) is 12.7. The molecule has 0 aliphatic carbocycles. The molecule has 0 aromatic heterocycles. The van der Waals surface area contributed by atoms with E-state index in [-0.39, 0.29) is 5.82 Å². The van der Waals surface area contributed by atoms with Gasteiger partial charge in [-0.3, -0.25) is 0 Å². The van der Waals surface area contributed by atoms with Crippen molar-refractivity contribution in [2.24, 2.45) is 0 Å². The monoisotopic (exact) mass is 295 g/mol. The van der Waals surface area contributed by atoms with E-state index in [1.165, 1.54) is 44.2 Å². The van der Waals surface area contributed by atoms with E-state index in [4.69, 9.17) is 9.47 Å². The molecule has 1 unspecified atom stereocenters. The fourth-order valence-corrected chi connectivity index (χ4v) is 2.49. The van der Waals surface area contributed by atoms with E-state index in [0.29, 0.717) is 12.7 Å². The van der Waals surface area contributed by atoms with E-state index in [9.17, 15) is 4.39 Å². The standard InChI is InChI=1S/C17H26FNO2/c18-15-7-9-16(10-8-15)20-12-4-2-1-3-11-19-14-17-6-5-13-21-17/h7-10,17,19H,1-6,11-14H2. The van der Waals surface area contributed by atoms with Crippen LogP contribution >= 0.6 is 0 Å². The molecule has 1 aliphatic heterocycles. The van der Waals surface area contributed by atoms with Gasteiger partial charge in [-0.2, -0.15) is 0 Å². The third kappa shape index (κ3) is 6.91. The van der Waals surface area contributed by atoms with Gasteiger partial charge in [0.05, 0.1) is 12.7 Å². The van der Waals surface area contributed by atoms with E-state index < -0.39 is 0 Å². The van der Waals surface area contributed by atoms with Crippen molar-refractivity contribution in [1.82, 2.24) is 5.32 Å². The summed E-state index contributed by atoms with van der Waals surface area (Å²) in [7, 11) is 0. The van der Waals surface area contributed by atoms with Crippen molar-refractivity contribution in [3.05, 3.63) is 30.1 Å². The normalized spacial score (nSPS) is 18.0. The number of benzene rings is 1. The summed E-state index contributed by atoms with van der Waals surface area (Å²) < 4.78 is 23.8. The van der Waals surface area contributed by atoms with Crippen LogP contribution < -0.4 is 10.1 Å². The third-order valence-corrected chi connectivity index (χ3v) is 3.73. The summed E-state index contributed by atoms with van der Waals surface area (Å²) >= 11 is 0. The number of unbranched alkanes of at least 4 members (excludes halogenated alkanes) is 3. The predicted octanol–water partition coefficient (Wildman–Crippen LogP) is 3.53. The first-order chi connectivity index (χ1) is 10.3. The minimum Gasteiger partial charge on any atom is -0.494 e. The molecule has 1 saturated heterocycles. The van der Waals surface area contributed by atoms with Crippen molar-refractivity contribution in [1.29, 1.82) is 0 Å². The molecule has 0 bridgehead atoms. The molecule has 21 heavy (non-hydrogen) atoms. The molecule has 0 radical (unpaired) electrons. The summed E-state index contributed by atoms with van der Waals surface area (Å²) in [4.78, 5) is 0. The Labute approximate surface area is 126 Å².